The van der Waals surface area contributed by atoms with E-state index in [2.05, 4.69) is 6.07 Å². The second kappa shape index (κ2) is 11.0. The molecular formula is C31H27O6P. The van der Waals surface area contributed by atoms with E-state index in [1.54, 1.807) is 79.9 Å². The molecule has 0 aliphatic heterocycles. The highest BCUT2D eigenvalue weighted by atomic mass is 31.2. The fourth-order valence-corrected chi connectivity index (χ4v) is 5.66. The summed E-state index contributed by atoms with van der Waals surface area (Å²) in [7, 11) is -2.69. The van der Waals surface area contributed by atoms with Crippen LogP contribution in [0.4, 0.5) is 0 Å². The highest BCUT2D eigenvalue weighted by Gasteiger charge is 2.37. The van der Waals surface area contributed by atoms with Crippen LogP contribution in [0.1, 0.15) is 33.5 Å². The number of aryl methyl sites for hydroxylation is 2. The van der Waals surface area contributed by atoms with Gasteiger partial charge in [-0.05, 0) is 73.0 Å². The molecule has 0 spiro atoms. The number of para-hydroxylation sites is 2. The fourth-order valence-electron chi connectivity index (χ4n) is 4.34. The molecule has 0 atom stereocenters. The number of allylic oxidation sites excluding steroid dienone is 2. The molecule has 4 aromatic carbocycles. The first-order valence-corrected chi connectivity index (χ1v) is 13.7. The lowest BCUT2D eigenvalue weighted by Gasteiger charge is -2.26. The number of ketones is 1. The minimum atomic E-state index is -4.26. The molecule has 0 radical (unpaired) electrons. The molecule has 7 heteroatoms. The molecule has 0 bridgehead atoms. The number of carbonyl (C=O) groups excluding carboxylic acids is 1. The average Bonchev–Trinajstić information content (AvgIpc) is 2.93. The number of methoxy groups -OCH3 is 1. The Morgan fingerprint density at radius 2 is 1.32 bits per heavy atom. The Hall–Kier alpha value is -4.28. The third-order valence-electron chi connectivity index (χ3n) is 6.15. The highest BCUT2D eigenvalue weighted by Crippen LogP contribution is 2.53. The Balaban J connectivity index is 1.60. The number of rotatable bonds is 9. The number of fused-ring (bicyclic) bond motifs is 1. The van der Waals surface area contributed by atoms with Crippen molar-refractivity contribution in [2.24, 2.45) is 0 Å². The molecule has 0 N–H and O–H groups in total. The molecule has 0 fully saturated rings. The first kappa shape index (κ1) is 25.4. The van der Waals surface area contributed by atoms with Crippen LogP contribution in [-0.4, -0.2) is 12.9 Å². The topological polar surface area (TPSA) is 71.1 Å². The minimum absolute atomic E-state index is 0.251. The van der Waals surface area contributed by atoms with Gasteiger partial charge in [-0.15, -0.1) is 0 Å². The van der Waals surface area contributed by atoms with Crippen LogP contribution in [0.5, 0.6) is 17.2 Å². The summed E-state index contributed by atoms with van der Waals surface area (Å²) in [6.45, 7) is 2.01. The summed E-state index contributed by atoms with van der Waals surface area (Å²) in [4.78, 5) is 13.9. The second-order valence-corrected chi connectivity index (χ2v) is 10.3. The number of hydrogen-bond acceptors (Lipinski definition) is 6. The molecule has 5 rings (SSSR count). The van der Waals surface area contributed by atoms with Gasteiger partial charge < -0.3 is 18.3 Å². The summed E-state index contributed by atoms with van der Waals surface area (Å²) in [6.07, 6.45) is 0.969. The Bertz CT molecular complexity index is 1470. The third kappa shape index (κ3) is 5.66. The van der Waals surface area contributed by atoms with Crippen LogP contribution in [0.15, 0.2) is 109 Å². The zero-order chi connectivity index (χ0) is 26.5. The van der Waals surface area contributed by atoms with Gasteiger partial charge in [0.15, 0.2) is 5.78 Å². The van der Waals surface area contributed by atoms with Gasteiger partial charge >= 0.3 is 7.82 Å². The summed E-state index contributed by atoms with van der Waals surface area (Å²) in [5.41, 5.74) is 3.65. The van der Waals surface area contributed by atoms with Crippen molar-refractivity contribution in [1.29, 1.82) is 0 Å². The number of ether oxygens (including phenoxy) is 1. The maximum Gasteiger partial charge on any atom is 0.646 e. The van der Waals surface area contributed by atoms with E-state index in [0.29, 0.717) is 41.2 Å². The van der Waals surface area contributed by atoms with Crippen molar-refractivity contribution in [2.45, 2.75) is 19.8 Å². The van der Waals surface area contributed by atoms with Crippen LogP contribution >= 0.6 is 7.82 Å². The zero-order valence-electron chi connectivity index (χ0n) is 21.1. The van der Waals surface area contributed by atoms with Crippen LogP contribution in [-0.2, 0) is 15.5 Å². The molecule has 0 saturated carbocycles. The molecule has 1 aliphatic carbocycles. The van der Waals surface area contributed by atoms with Crippen LogP contribution in [0, 0.1) is 6.92 Å². The number of hydrogen-bond donors (Lipinski definition) is 0. The molecule has 0 amide bonds. The van der Waals surface area contributed by atoms with E-state index in [0.717, 1.165) is 16.7 Å². The maximum absolute atomic E-state index is 14.1. The van der Waals surface area contributed by atoms with Gasteiger partial charge in [0.2, 0.25) is 0 Å². The van der Waals surface area contributed by atoms with Crippen LogP contribution < -0.4 is 13.8 Å². The number of carbonyl (C=O) groups is 1. The van der Waals surface area contributed by atoms with E-state index < -0.39 is 7.82 Å². The second-order valence-electron chi connectivity index (χ2n) is 8.86. The van der Waals surface area contributed by atoms with Gasteiger partial charge in [0.1, 0.15) is 23.0 Å². The van der Waals surface area contributed by atoms with E-state index in [9.17, 15) is 9.36 Å². The van der Waals surface area contributed by atoms with E-state index in [1.807, 2.05) is 31.2 Å². The van der Waals surface area contributed by atoms with Gasteiger partial charge in [-0.3, -0.25) is 4.79 Å². The van der Waals surface area contributed by atoms with E-state index in [4.69, 9.17) is 18.3 Å². The Kier molecular flexibility index (Phi) is 7.34. The minimum Gasteiger partial charge on any atom is -0.497 e. The molecule has 192 valence electrons. The van der Waals surface area contributed by atoms with Gasteiger partial charge in [0.05, 0.1) is 12.7 Å². The molecule has 0 heterocycles. The molecule has 1 aliphatic rings. The number of phosphoric acid groups is 1. The summed E-state index contributed by atoms with van der Waals surface area (Å²) in [5, 5.41) is 0. The largest absolute Gasteiger partial charge is 0.646 e. The summed E-state index contributed by atoms with van der Waals surface area (Å²) in [5.74, 6) is 1.30. The van der Waals surface area contributed by atoms with Crippen LogP contribution in [0.25, 0.3) is 5.57 Å². The molecule has 0 unspecified atom stereocenters. The zero-order valence-corrected chi connectivity index (χ0v) is 22.0. The van der Waals surface area contributed by atoms with E-state index >= 15 is 0 Å². The van der Waals surface area contributed by atoms with Gasteiger partial charge in [-0.2, -0.15) is 4.57 Å². The average molecular weight is 527 g/mol. The SMILES string of the molecule is COc1ccc(C(=O)C2=C(OP(=O)(Oc3ccccc3)Oc3ccccc3)CCc3cc(C)ccc32)cc1. The van der Waals surface area contributed by atoms with Crippen molar-refractivity contribution in [1.82, 2.24) is 0 Å². The van der Waals surface area contributed by atoms with Gasteiger partial charge in [0, 0.05) is 12.0 Å². The smallest absolute Gasteiger partial charge is 0.497 e. The van der Waals surface area contributed by atoms with Crippen molar-refractivity contribution in [3.8, 4) is 17.2 Å². The maximum atomic E-state index is 14.1. The van der Waals surface area contributed by atoms with Crippen molar-refractivity contribution in [2.75, 3.05) is 7.11 Å². The summed E-state index contributed by atoms with van der Waals surface area (Å²) >= 11 is 0. The molecule has 6 nitrogen and oxygen atoms in total. The standard InChI is InChI=1S/C31H27O6P/c1-22-13-19-28-24(21-22)16-20-29(30(28)31(32)23-14-17-25(34-2)18-15-23)37-38(33,35-26-9-5-3-6-10-26)36-27-11-7-4-8-12-27/h3-15,17-19,21H,16,20H2,1-2H3. The Morgan fingerprint density at radius 3 is 1.89 bits per heavy atom. The van der Waals surface area contributed by atoms with E-state index in [1.165, 1.54) is 0 Å². The Labute approximate surface area is 222 Å². The first-order valence-electron chi connectivity index (χ1n) is 12.2. The number of Topliss-reactive ketones (excluding diaryl/α,β-unsaturated/α-hetero) is 1. The van der Waals surface area contributed by atoms with Crippen LogP contribution in [0.3, 0.4) is 0 Å². The lowest BCUT2D eigenvalue weighted by molar-refractivity contribution is 0.105. The quantitative estimate of drug-likeness (QED) is 0.164. The predicted molar refractivity (Wildman–Crippen MR) is 147 cm³/mol. The van der Waals surface area contributed by atoms with E-state index in [-0.39, 0.29) is 11.5 Å². The summed E-state index contributed by atoms with van der Waals surface area (Å²) in [6, 6.07) is 30.2. The highest BCUT2D eigenvalue weighted by molar-refractivity contribution is 7.49. The molecule has 0 saturated heterocycles. The van der Waals surface area contributed by atoms with Gasteiger partial charge in [-0.1, -0.05) is 60.2 Å². The van der Waals surface area contributed by atoms with Gasteiger partial charge in [-0.25, -0.2) is 0 Å². The van der Waals surface area contributed by atoms with Crippen molar-refractivity contribution >= 4 is 19.2 Å². The first-order chi connectivity index (χ1) is 18.4. The number of phosphoric ester groups is 1. The molecule has 38 heavy (non-hydrogen) atoms. The lowest BCUT2D eigenvalue weighted by atomic mass is 9.85. The molecule has 4 aromatic rings. The van der Waals surface area contributed by atoms with Crippen molar-refractivity contribution in [3.05, 3.63) is 131 Å². The van der Waals surface area contributed by atoms with Gasteiger partial charge in [0.25, 0.3) is 0 Å². The Morgan fingerprint density at radius 1 is 0.711 bits per heavy atom. The predicted octanol–water partition coefficient (Wildman–Crippen LogP) is 7.83. The normalized spacial score (nSPS) is 12.9. The molecular weight excluding hydrogens is 499 g/mol. The summed E-state index contributed by atoms with van der Waals surface area (Å²) < 4.78 is 37.2. The van der Waals surface area contributed by atoms with Crippen LogP contribution in [0.2, 0.25) is 0 Å². The van der Waals surface area contributed by atoms with Crippen molar-refractivity contribution < 1.29 is 27.7 Å². The molecule has 0 aromatic heterocycles. The van der Waals surface area contributed by atoms with Crippen molar-refractivity contribution in [3.63, 3.8) is 0 Å². The fraction of sp³-hybridized carbons (Fsp3) is 0.129. The monoisotopic (exact) mass is 526 g/mol. The number of benzene rings is 4. The lowest BCUT2D eigenvalue weighted by Crippen LogP contribution is -2.16. The third-order valence-corrected chi connectivity index (χ3v) is 7.47.